The first-order valence-electron chi connectivity index (χ1n) is 5.54. The highest BCUT2D eigenvalue weighted by molar-refractivity contribution is 9.11. The van der Waals surface area contributed by atoms with Crippen molar-refractivity contribution in [3.8, 4) is 0 Å². The van der Waals surface area contributed by atoms with Gasteiger partial charge in [-0.2, -0.15) is 0 Å². The predicted octanol–water partition coefficient (Wildman–Crippen LogP) is 2.01. The molecular weight excluding hydrogens is 354 g/mol. The molecule has 1 heterocycles. The molecule has 1 aromatic rings. The second kappa shape index (κ2) is 6.69. The molecule has 0 fully saturated rings. The van der Waals surface area contributed by atoms with Crippen LogP contribution in [-0.4, -0.2) is 25.5 Å². The first kappa shape index (κ1) is 16.4. The minimum atomic E-state index is -3.60. The van der Waals surface area contributed by atoms with Gasteiger partial charge in [0.1, 0.15) is 5.84 Å². The van der Waals surface area contributed by atoms with Gasteiger partial charge in [-0.1, -0.05) is 12.1 Å². The fourth-order valence-corrected chi connectivity index (χ4v) is 5.28. The second-order valence-electron chi connectivity index (χ2n) is 3.99. The zero-order valence-corrected chi connectivity index (χ0v) is 13.8. The zero-order chi connectivity index (χ0) is 14.6. The molecule has 9 heteroatoms. The Kier molecular flexibility index (Phi) is 5.78. The number of hydrogen-bond acceptors (Lipinski definition) is 5. The van der Waals surface area contributed by atoms with Crippen LogP contribution in [0.2, 0.25) is 0 Å². The van der Waals surface area contributed by atoms with Gasteiger partial charge in [-0.3, -0.25) is 0 Å². The van der Waals surface area contributed by atoms with Crippen molar-refractivity contribution in [1.29, 1.82) is 0 Å². The van der Waals surface area contributed by atoms with Crippen molar-refractivity contribution in [1.82, 2.24) is 4.72 Å². The van der Waals surface area contributed by atoms with Crippen molar-refractivity contribution in [3.05, 3.63) is 14.7 Å². The summed E-state index contributed by atoms with van der Waals surface area (Å²) in [7, 11) is -3.60. The molecule has 6 nitrogen and oxygen atoms in total. The molecule has 0 aliphatic rings. The minimum Gasteiger partial charge on any atom is -0.409 e. The first-order valence-corrected chi connectivity index (χ1v) is 8.64. The number of hydrogen-bond donors (Lipinski definition) is 3. The average Bonchev–Trinajstić information content (AvgIpc) is 2.67. The van der Waals surface area contributed by atoms with Gasteiger partial charge in [0.05, 0.1) is 8.68 Å². The maximum atomic E-state index is 12.2. The van der Waals surface area contributed by atoms with Gasteiger partial charge < -0.3 is 10.9 Å². The lowest BCUT2D eigenvalue weighted by atomic mass is 10.1. The summed E-state index contributed by atoms with van der Waals surface area (Å²) in [6, 6.07) is 1.16. The number of halogens is 1. The van der Waals surface area contributed by atoms with Gasteiger partial charge in [-0.25, -0.2) is 13.1 Å². The monoisotopic (exact) mass is 369 g/mol. The Hall–Kier alpha value is -0.640. The van der Waals surface area contributed by atoms with Crippen LogP contribution in [0.5, 0.6) is 0 Å². The summed E-state index contributed by atoms with van der Waals surface area (Å²) in [6.45, 7) is 3.57. The topological polar surface area (TPSA) is 105 Å². The molecule has 1 unspecified atom stereocenters. The van der Waals surface area contributed by atoms with E-state index in [0.29, 0.717) is 11.3 Å². The predicted molar refractivity (Wildman–Crippen MR) is 79.2 cm³/mol. The van der Waals surface area contributed by atoms with Crippen LogP contribution in [0.1, 0.15) is 24.6 Å². The number of aryl methyl sites for hydroxylation is 1. The van der Waals surface area contributed by atoms with E-state index in [1.165, 1.54) is 11.3 Å². The quantitative estimate of drug-likeness (QED) is 0.308. The maximum absolute atomic E-state index is 12.2. The van der Waals surface area contributed by atoms with E-state index in [2.05, 4.69) is 25.8 Å². The molecule has 108 valence electrons. The summed E-state index contributed by atoms with van der Waals surface area (Å²) in [5, 5.41) is 11.4. The SMILES string of the molecule is CCC(CC(N)=NO)NS(=O)(=O)c1cc(Br)sc1C. The van der Waals surface area contributed by atoms with Crippen LogP contribution in [-0.2, 0) is 10.0 Å². The van der Waals surface area contributed by atoms with E-state index in [0.717, 1.165) is 3.79 Å². The summed E-state index contributed by atoms with van der Waals surface area (Å²) < 4.78 is 27.8. The lowest BCUT2D eigenvalue weighted by molar-refractivity contribution is 0.316. The molecule has 1 aromatic heterocycles. The van der Waals surface area contributed by atoms with Crippen LogP contribution >= 0.6 is 27.3 Å². The molecule has 0 amide bonds. The average molecular weight is 370 g/mol. The van der Waals surface area contributed by atoms with Gasteiger partial charge in [0.2, 0.25) is 10.0 Å². The Morgan fingerprint density at radius 3 is 2.74 bits per heavy atom. The molecule has 0 bridgehead atoms. The molecule has 1 rings (SSSR count). The molecule has 19 heavy (non-hydrogen) atoms. The van der Waals surface area contributed by atoms with Gasteiger partial charge in [0.15, 0.2) is 0 Å². The molecule has 4 N–H and O–H groups in total. The fourth-order valence-electron chi connectivity index (χ4n) is 1.54. The van der Waals surface area contributed by atoms with Crippen molar-refractivity contribution in [2.45, 2.75) is 37.6 Å². The van der Waals surface area contributed by atoms with E-state index in [-0.39, 0.29) is 17.2 Å². The second-order valence-corrected chi connectivity index (χ2v) is 8.31. The number of amidine groups is 1. The Bertz CT molecular complexity index is 569. The Labute approximate surface area is 124 Å². The van der Waals surface area contributed by atoms with Crippen LogP contribution in [0.3, 0.4) is 0 Å². The molecule has 0 aliphatic heterocycles. The first-order chi connectivity index (χ1) is 8.80. The van der Waals surface area contributed by atoms with E-state index < -0.39 is 16.1 Å². The normalized spacial score (nSPS) is 14.6. The summed E-state index contributed by atoms with van der Waals surface area (Å²) in [5.74, 6) is -0.00206. The number of sulfonamides is 1. The minimum absolute atomic E-state index is 0.00206. The number of nitrogens with two attached hydrogens (primary N) is 1. The van der Waals surface area contributed by atoms with E-state index in [1.54, 1.807) is 13.0 Å². The van der Waals surface area contributed by atoms with Crippen LogP contribution < -0.4 is 10.5 Å². The summed E-state index contributed by atoms with van der Waals surface area (Å²) in [4.78, 5) is 0.959. The maximum Gasteiger partial charge on any atom is 0.241 e. The highest BCUT2D eigenvalue weighted by atomic mass is 79.9. The van der Waals surface area contributed by atoms with Crippen LogP contribution in [0.15, 0.2) is 19.9 Å². The summed E-state index contributed by atoms with van der Waals surface area (Å²) in [5.41, 5.74) is 5.40. The Balaban J connectivity index is 2.92. The van der Waals surface area contributed by atoms with Crippen LogP contribution in [0.25, 0.3) is 0 Å². The molecular formula is C10H16BrN3O3S2. The number of rotatable bonds is 6. The highest BCUT2D eigenvalue weighted by Gasteiger charge is 2.23. The van der Waals surface area contributed by atoms with Crippen molar-refractivity contribution in [3.63, 3.8) is 0 Å². The van der Waals surface area contributed by atoms with E-state index in [9.17, 15) is 8.42 Å². The van der Waals surface area contributed by atoms with Gasteiger partial charge in [0, 0.05) is 17.3 Å². The molecule has 0 saturated carbocycles. The van der Waals surface area contributed by atoms with Crippen molar-refractivity contribution in [2.75, 3.05) is 0 Å². The fraction of sp³-hybridized carbons (Fsp3) is 0.500. The van der Waals surface area contributed by atoms with Crippen molar-refractivity contribution >= 4 is 43.1 Å². The van der Waals surface area contributed by atoms with Gasteiger partial charge >= 0.3 is 0 Å². The van der Waals surface area contributed by atoms with E-state index in [1.807, 2.05) is 6.92 Å². The van der Waals surface area contributed by atoms with Gasteiger partial charge in [0.25, 0.3) is 0 Å². The summed E-state index contributed by atoms with van der Waals surface area (Å²) >= 11 is 4.62. The lowest BCUT2D eigenvalue weighted by Crippen LogP contribution is -2.37. The molecule has 1 atom stereocenters. The number of nitrogens with zero attached hydrogens (tertiary/aromatic N) is 1. The van der Waals surface area contributed by atoms with Crippen LogP contribution in [0.4, 0.5) is 0 Å². The number of nitrogens with one attached hydrogen (secondary N) is 1. The third-order valence-corrected chi connectivity index (χ3v) is 5.86. The third-order valence-electron chi connectivity index (χ3n) is 2.53. The number of thiophene rings is 1. The lowest BCUT2D eigenvalue weighted by Gasteiger charge is -2.16. The van der Waals surface area contributed by atoms with E-state index in [4.69, 9.17) is 10.9 Å². The molecule has 0 aromatic carbocycles. The molecule has 0 radical (unpaired) electrons. The Morgan fingerprint density at radius 1 is 1.68 bits per heavy atom. The third kappa shape index (κ3) is 4.44. The van der Waals surface area contributed by atoms with Gasteiger partial charge in [-0.05, 0) is 35.3 Å². The molecule has 0 saturated heterocycles. The largest absolute Gasteiger partial charge is 0.409 e. The Morgan fingerprint density at radius 2 is 2.32 bits per heavy atom. The van der Waals surface area contributed by atoms with E-state index >= 15 is 0 Å². The smallest absolute Gasteiger partial charge is 0.241 e. The highest BCUT2D eigenvalue weighted by Crippen LogP contribution is 2.29. The standard InChI is InChI=1S/C10H16BrN3O3S2/c1-3-7(4-10(12)13-15)14-19(16,17)8-5-9(11)18-6(8)2/h5,7,14-15H,3-4H2,1-2H3,(H2,12,13). The number of oxime groups is 1. The molecule has 0 spiro atoms. The van der Waals surface area contributed by atoms with Gasteiger partial charge in [-0.15, -0.1) is 11.3 Å². The summed E-state index contributed by atoms with van der Waals surface area (Å²) in [6.07, 6.45) is 0.705. The zero-order valence-electron chi connectivity index (χ0n) is 10.6. The van der Waals surface area contributed by atoms with Crippen LogP contribution in [0, 0.1) is 6.92 Å². The molecule has 0 aliphatic carbocycles. The van der Waals surface area contributed by atoms with Crippen molar-refractivity contribution < 1.29 is 13.6 Å². The van der Waals surface area contributed by atoms with Crippen molar-refractivity contribution in [2.24, 2.45) is 10.9 Å².